The van der Waals surface area contributed by atoms with Crippen LogP contribution in [0.15, 0.2) is 73.1 Å². The summed E-state index contributed by atoms with van der Waals surface area (Å²) < 4.78 is 24.7. The molecule has 0 radical (unpaired) electrons. The molecule has 0 spiro atoms. The predicted molar refractivity (Wildman–Crippen MR) is 97.2 cm³/mol. The lowest BCUT2D eigenvalue weighted by Gasteiger charge is -2.08. The van der Waals surface area contributed by atoms with Gasteiger partial charge in [0.05, 0.1) is 11.5 Å². The molecule has 3 nitrogen and oxygen atoms in total. The maximum atomic E-state index is 12.4. The minimum atomic E-state index is -3.19. The second-order valence-electron chi connectivity index (χ2n) is 5.91. The van der Waals surface area contributed by atoms with Gasteiger partial charge in [-0.25, -0.2) is 8.42 Å². The number of sulfone groups is 1. The number of aromatic nitrogens is 1. The summed E-state index contributed by atoms with van der Waals surface area (Å²) in [7, 11) is -3.19. The standard InChI is InChI=1S/C20H19NO2S/c1-16-11-12-21-13-20(16)19-9-7-18(8-10-19)15-24(22,23)14-17-5-3-2-4-6-17/h2-13H,14-15H2,1H3. The van der Waals surface area contributed by atoms with E-state index in [9.17, 15) is 8.42 Å². The molecule has 0 aliphatic rings. The van der Waals surface area contributed by atoms with Crippen LogP contribution in [0.5, 0.6) is 0 Å². The van der Waals surface area contributed by atoms with Crippen LogP contribution in [0.25, 0.3) is 11.1 Å². The van der Waals surface area contributed by atoms with Crippen molar-refractivity contribution < 1.29 is 8.42 Å². The van der Waals surface area contributed by atoms with E-state index in [1.807, 2.05) is 73.8 Å². The highest BCUT2D eigenvalue weighted by Crippen LogP contribution is 2.23. The zero-order valence-corrected chi connectivity index (χ0v) is 14.3. The summed E-state index contributed by atoms with van der Waals surface area (Å²) in [6, 6.07) is 18.9. The zero-order valence-electron chi connectivity index (χ0n) is 13.5. The molecule has 122 valence electrons. The molecule has 0 aliphatic carbocycles. The van der Waals surface area contributed by atoms with Gasteiger partial charge in [0.2, 0.25) is 0 Å². The van der Waals surface area contributed by atoms with E-state index in [0.717, 1.165) is 27.8 Å². The fraction of sp³-hybridized carbons (Fsp3) is 0.150. The monoisotopic (exact) mass is 337 g/mol. The molecule has 2 aromatic carbocycles. The van der Waals surface area contributed by atoms with E-state index in [4.69, 9.17) is 0 Å². The van der Waals surface area contributed by atoms with Gasteiger partial charge in [0, 0.05) is 18.0 Å². The molecule has 1 heterocycles. The van der Waals surface area contributed by atoms with Crippen LogP contribution in [0, 0.1) is 6.92 Å². The third kappa shape index (κ3) is 4.09. The Hall–Kier alpha value is -2.46. The quantitative estimate of drug-likeness (QED) is 0.702. The number of aryl methyl sites for hydroxylation is 1. The third-order valence-corrected chi connectivity index (χ3v) is 5.47. The molecule has 0 fully saturated rings. The van der Waals surface area contributed by atoms with Gasteiger partial charge < -0.3 is 0 Å². The second-order valence-corrected chi connectivity index (χ2v) is 7.97. The highest BCUT2D eigenvalue weighted by atomic mass is 32.2. The fourth-order valence-corrected chi connectivity index (χ4v) is 4.18. The SMILES string of the molecule is Cc1ccncc1-c1ccc(CS(=O)(=O)Cc2ccccc2)cc1. The summed E-state index contributed by atoms with van der Waals surface area (Å²) in [5.41, 5.74) is 4.88. The van der Waals surface area contributed by atoms with Gasteiger partial charge in [0.25, 0.3) is 0 Å². The lowest BCUT2D eigenvalue weighted by atomic mass is 10.0. The smallest absolute Gasteiger partial charge is 0.158 e. The van der Waals surface area contributed by atoms with E-state index in [2.05, 4.69) is 4.98 Å². The molecule has 0 unspecified atom stereocenters. The van der Waals surface area contributed by atoms with E-state index in [1.54, 1.807) is 6.20 Å². The predicted octanol–water partition coefficient (Wildman–Crippen LogP) is 4.17. The zero-order chi connectivity index (χ0) is 17.0. The average molecular weight is 337 g/mol. The van der Waals surface area contributed by atoms with Crippen molar-refractivity contribution in [3.05, 3.63) is 89.7 Å². The maximum Gasteiger partial charge on any atom is 0.158 e. The Balaban J connectivity index is 1.76. The molecular formula is C20H19NO2S. The Kier molecular flexibility index (Phi) is 4.76. The minimum Gasteiger partial charge on any atom is -0.264 e. The van der Waals surface area contributed by atoms with Crippen molar-refractivity contribution in [2.75, 3.05) is 0 Å². The Morgan fingerprint density at radius 2 is 1.46 bits per heavy atom. The first kappa shape index (κ1) is 16.4. The second kappa shape index (κ2) is 6.97. The van der Waals surface area contributed by atoms with Crippen molar-refractivity contribution in [2.24, 2.45) is 0 Å². The van der Waals surface area contributed by atoms with Gasteiger partial charge in [-0.15, -0.1) is 0 Å². The van der Waals surface area contributed by atoms with Crippen molar-refractivity contribution in [3.8, 4) is 11.1 Å². The largest absolute Gasteiger partial charge is 0.264 e. The molecular weight excluding hydrogens is 318 g/mol. The van der Waals surface area contributed by atoms with E-state index >= 15 is 0 Å². The van der Waals surface area contributed by atoms with Gasteiger partial charge in [-0.3, -0.25) is 4.98 Å². The van der Waals surface area contributed by atoms with Gasteiger partial charge >= 0.3 is 0 Å². The van der Waals surface area contributed by atoms with E-state index in [-0.39, 0.29) is 11.5 Å². The molecule has 0 aliphatic heterocycles. The Morgan fingerprint density at radius 3 is 2.08 bits per heavy atom. The number of pyridine rings is 1. The number of nitrogens with zero attached hydrogens (tertiary/aromatic N) is 1. The van der Waals surface area contributed by atoms with Gasteiger partial charge in [-0.1, -0.05) is 54.6 Å². The molecule has 0 amide bonds. The molecule has 0 N–H and O–H groups in total. The first-order valence-corrected chi connectivity index (χ1v) is 9.60. The Morgan fingerprint density at radius 1 is 0.833 bits per heavy atom. The molecule has 0 saturated heterocycles. The van der Waals surface area contributed by atoms with E-state index < -0.39 is 9.84 Å². The molecule has 0 bridgehead atoms. The van der Waals surface area contributed by atoms with Crippen LogP contribution in [0.2, 0.25) is 0 Å². The van der Waals surface area contributed by atoms with Crippen LogP contribution in [0.1, 0.15) is 16.7 Å². The van der Waals surface area contributed by atoms with Crippen molar-refractivity contribution in [3.63, 3.8) is 0 Å². The minimum absolute atomic E-state index is 0.0498. The summed E-state index contributed by atoms with van der Waals surface area (Å²) in [5.74, 6) is 0.117. The van der Waals surface area contributed by atoms with Crippen molar-refractivity contribution in [1.29, 1.82) is 0 Å². The Bertz CT molecular complexity index is 917. The van der Waals surface area contributed by atoms with Crippen molar-refractivity contribution in [1.82, 2.24) is 4.98 Å². The molecule has 0 atom stereocenters. The molecule has 1 aromatic heterocycles. The van der Waals surface area contributed by atoms with E-state index in [0.29, 0.717) is 0 Å². The Labute approximate surface area is 142 Å². The highest BCUT2D eigenvalue weighted by molar-refractivity contribution is 7.89. The molecule has 4 heteroatoms. The summed E-state index contributed by atoms with van der Waals surface area (Å²) in [6.07, 6.45) is 3.60. The summed E-state index contributed by atoms with van der Waals surface area (Å²) >= 11 is 0. The molecule has 3 aromatic rings. The van der Waals surface area contributed by atoms with Gasteiger partial charge in [-0.05, 0) is 35.2 Å². The lowest BCUT2D eigenvalue weighted by molar-refractivity contribution is 0.594. The average Bonchev–Trinajstić information content (AvgIpc) is 2.56. The third-order valence-electron chi connectivity index (χ3n) is 3.92. The lowest BCUT2D eigenvalue weighted by Crippen LogP contribution is -2.07. The van der Waals surface area contributed by atoms with Gasteiger partial charge in [0.1, 0.15) is 0 Å². The molecule has 24 heavy (non-hydrogen) atoms. The van der Waals surface area contributed by atoms with Crippen molar-refractivity contribution >= 4 is 9.84 Å². The van der Waals surface area contributed by atoms with Gasteiger partial charge in [0.15, 0.2) is 9.84 Å². The number of hydrogen-bond donors (Lipinski definition) is 0. The van der Waals surface area contributed by atoms with Crippen LogP contribution in [0.3, 0.4) is 0 Å². The fourth-order valence-electron chi connectivity index (χ4n) is 2.68. The van der Waals surface area contributed by atoms with Crippen LogP contribution in [0.4, 0.5) is 0 Å². The number of rotatable bonds is 5. The van der Waals surface area contributed by atoms with Crippen LogP contribution >= 0.6 is 0 Å². The molecule has 0 saturated carbocycles. The summed E-state index contributed by atoms with van der Waals surface area (Å²) in [5, 5.41) is 0. The summed E-state index contributed by atoms with van der Waals surface area (Å²) in [4.78, 5) is 4.15. The summed E-state index contributed by atoms with van der Waals surface area (Å²) in [6.45, 7) is 2.04. The van der Waals surface area contributed by atoms with E-state index in [1.165, 1.54) is 0 Å². The number of hydrogen-bond acceptors (Lipinski definition) is 3. The first-order valence-electron chi connectivity index (χ1n) is 7.78. The van der Waals surface area contributed by atoms with Crippen molar-refractivity contribution in [2.45, 2.75) is 18.4 Å². The molecule has 3 rings (SSSR count). The van der Waals surface area contributed by atoms with Crippen LogP contribution < -0.4 is 0 Å². The van der Waals surface area contributed by atoms with Gasteiger partial charge in [-0.2, -0.15) is 0 Å². The normalized spacial score (nSPS) is 11.4. The topological polar surface area (TPSA) is 47.0 Å². The van der Waals surface area contributed by atoms with Crippen LogP contribution in [-0.4, -0.2) is 13.4 Å². The number of benzene rings is 2. The first-order chi connectivity index (χ1) is 11.5. The van der Waals surface area contributed by atoms with Crippen LogP contribution in [-0.2, 0) is 21.3 Å². The maximum absolute atomic E-state index is 12.4. The highest BCUT2D eigenvalue weighted by Gasteiger charge is 2.13.